The molecule has 0 saturated carbocycles. The van der Waals surface area contributed by atoms with Crippen LogP contribution in [0.1, 0.15) is 15.9 Å². The summed E-state index contributed by atoms with van der Waals surface area (Å²) in [5.41, 5.74) is 0.966. The zero-order chi connectivity index (χ0) is 18.9. The Hall–Kier alpha value is -2.80. The molecule has 2 aromatic carbocycles. The molecular formula is C19H18O6S. The highest BCUT2D eigenvalue weighted by atomic mass is 32.2. The van der Waals surface area contributed by atoms with Gasteiger partial charge in [0.2, 0.25) is 5.75 Å². The first-order valence-corrected chi connectivity index (χ1v) is 9.43. The van der Waals surface area contributed by atoms with E-state index >= 15 is 0 Å². The van der Waals surface area contributed by atoms with Crippen molar-refractivity contribution in [3.8, 4) is 17.2 Å². The molecule has 0 amide bonds. The summed E-state index contributed by atoms with van der Waals surface area (Å²) in [6.07, 6.45) is 1.54. The van der Waals surface area contributed by atoms with Gasteiger partial charge in [0.15, 0.2) is 27.1 Å². The van der Waals surface area contributed by atoms with Crippen LogP contribution in [-0.2, 0) is 9.84 Å². The smallest absolute Gasteiger partial charge is 0.203 e. The molecule has 1 aliphatic rings. The Morgan fingerprint density at radius 1 is 0.962 bits per heavy atom. The van der Waals surface area contributed by atoms with Crippen molar-refractivity contribution in [1.82, 2.24) is 0 Å². The van der Waals surface area contributed by atoms with Crippen LogP contribution in [0.5, 0.6) is 17.2 Å². The van der Waals surface area contributed by atoms with Gasteiger partial charge in [0, 0.05) is 11.1 Å². The molecule has 0 unspecified atom stereocenters. The number of ether oxygens (including phenoxy) is 3. The molecule has 26 heavy (non-hydrogen) atoms. The minimum Gasteiger partial charge on any atom is -0.493 e. The summed E-state index contributed by atoms with van der Waals surface area (Å²) in [4.78, 5) is 12.8. The molecule has 0 aliphatic carbocycles. The van der Waals surface area contributed by atoms with Gasteiger partial charge in [0.1, 0.15) is 0 Å². The van der Waals surface area contributed by atoms with Gasteiger partial charge >= 0.3 is 0 Å². The predicted molar refractivity (Wildman–Crippen MR) is 96.9 cm³/mol. The fourth-order valence-corrected chi connectivity index (χ4v) is 4.50. The molecule has 0 bridgehead atoms. The molecule has 0 spiro atoms. The first-order valence-electron chi connectivity index (χ1n) is 7.78. The number of benzene rings is 2. The topological polar surface area (TPSA) is 78.9 Å². The Labute approximate surface area is 151 Å². The molecule has 0 atom stereocenters. The highest BCUT2D eigenvalue weighted by Gasteiger charge is 2.32. The highest BCUT2D eigenvalue weighted by Crippen LogP contribution is 2.39. The van der Waals surface area contributed by atoms with Gasteiger partial charge < -0.3 is 14.2 Å². The third kappa shape index (κ3) is 3.06. The summed E-state index contributed by atoms with van der Waals surface area (Å²) < 4.78 is 40.9. The van der Waals surface area contributed by atoms with Crippen molar-refractivity contribution in [1.29, 1.82) is 0 Å². The van der Waals surface area contributed by atoms with Crippen LogP contribution < -0.4 is 14.2 Å². The summed E-state index contributed by atoms with van der Waals surface area (Å²) in [6, 6.07) is 9.56. The normalized spacial score (nSPS) is 16.9. The van der Waals surface area contributed by atoms with E-state index in [2.05, 4.69) is 0 Å². The molecule has 0 N–H and O–H groups in total. The standard InChI is InChI=1S/C19H18O6S/c1-23-15-9-12(10-16(24-2)19(15)25-3)8-13-11-26(21,22)17-7-5-4-6-14(17)18(13)20/h4-10H,11H2,1-3H3/b13-8-. The fraction of sp³-hybridized carbons (Fsp3) is 0.211. The largest absolute Gasteiger partial charge is 0.493 e. The lowest BCUT2D eigenvalue weighted by Crippen LogP contribution is -2.24. The summed E-state index contributed by atoms with van der Waals surface area (Å²) in [5.74, 6) is 0.615. The van der Waals surface area contributed by atoms with E-state index in [4.69, 9.17) is 14.2 Å². The molecule has 3 rings (SSSR count). The maximum atomic E-state index is 12.7. The van der Waals surface area contributed by atoms with Crippen molar-refractivity contribution in [2.75, 3.05) is 27.1 Å². The van der Waals surface area contributed by atoms with Crippen LogP contribution in [0.4, 0.5) is 0 Å². The molecule has 1 heterocycles. The van der Waals surface area contributed by atoms with Crippen LogP contribution in [-0.4, -0.2) is 41.3 Å². The number of carbonyl (C=O) groups excluding carboxylic acids is 1. The second-order valence-corrected chi connectivity index (χ2v) is 7.67. The number of hydrogen-bond acceptors (Lipinski definition) is 6. The molecular weight excluding hydrogens is 356 g/mol. The number of carbonyl (C=O) groups is 1. The van der Waals surface area contributed by atoms with E-state index in [0.717, 1.165) is 0 Å². The Morgan fingerprint density at radius 3 is 2.15 bits per heavy atom. The number of Topliss-reactive ketones (excluding diaryl/α,β-unsaturated/α-hetero) is 1. The molecule has 136 valence electrons. The molecule has 0 fully saturated rings. The number of rotatable bonds is 4. The van der Waals surface area contributed by atoms with E-state index in [1.807, 2.05) is 0 Å². The number of hydrogen-bond donors (Lipinski definition) is 0. The molecule has 1 aliphatic heterocycles. The summed E-state index contributed by atoms with van der Waals surface area (Å²) in [6.45, 7) is 0. The minimum absolute atomic E-state index is 0.0760. The van der Waals surface area contributed by atoms with Crippen LogP contribution in [0.3, 0.4) is 0 Å². The first-order chi connectivity index (χ1) is 12.4. The number of fused-ring (bicyclic) bond motifs is 1. The van der Waals surface area contributed by atoms with Crippen molar-refractivity contribution in [2.24, 2.45) is 0 Å². The summed E-state index contributed by atoms with van der Waals surface area (Å²) in [5, 5.41) is 0. The van der Waals surface area contributed by atoms with Gasteiger partial charge in [-0.25, -0.2) is 8.42 Å². The number of sulfone groups is 1. The van der Waals surface area contributed by atoms with Crippen LogP contribution in [0.25, 0.3) is 6.08 Å². The average molecular weight is 374 g/mol. The molecule has 7 heteroatoms. The van der Waals surface area contributed by atoms with Crippen LogP contribution >= 0.6 is 0 Å². The maximum absolute atomic E-state index is 12.7. The van der Waals surface area contributed by atoms with Crippen molar-refractivity contribution in [2.45, 2.75) is 4.90 Å². The van der Waals surface area contributed by atoms with Gasteiger partial charge in [-0.15, -0.1) is 0 Å². The molecule has 0 radical (unpaired) electrons. The third-order valence-electron chi connectivity index (χ3n) is 4.13. The van der Waals surface area contributed by atoms with E-state index in [1.165, 1.54) is 33.5 Å². The van der Waals surface area contributed by atoms with Gasteiger partial charge in [-0.2, -0.15) is 0 Å². The lowest BCUT2D eigenvalue weighted by molar-refractivity contribution is 0.103. The Kier molecular flexibility index (Phi) is 4.73. The van der Waals surface area contributed by atoms with Crippen molar-refractivity contribution in [3.05, 3.63) is 53.1 Å². The average Bonchev–Trinajstić information content (AvgIpc) is 2.65. The number of ketones is 1. The maximum Gasteiger partial charge on any atom is 0.203 e. The fourth-order valence-electron chi connectivity index (χ4n) is 2.94. The van der Waals surface area contributed by atoms with Gasteiger partial charge in [-0.05, 0) is 35.9 Å². The van der Waals surface area contributed by atoms with Crippen molar-refractivity contribution >= 4 is 21.7 Å². The zero-order valence-electron chi connectivity index (χ0n) is 14.6. The molecule has 2 aromatic rings. The minimum atomic E-state index is -3.56. The summed E-state index contributed by atoms with van der Waals surface area (Å²) >= 11 is 0. The Morgan fingerprint density at radius 2 is 1.58 bits per heavy atom. The van der Waals surface area contributed by atoms with E-state index in [9.17, 15) is 13.2 Å². The SMILES string of the molecule is COc1cc(/C=C2/CS(=O)(=O)c3ccccc3C2=O)cc(OC)c1OC. The third-order valence-corrected chi connectivity index (χ3v) is 5.85. The second-order valence-electron chi connectivity index (χ2n) is 5.71. The van der Waals surface area contributed by atoms with E-state index in [0.29, 0.717) is 22.8 Å². The van der Waals surface area contributed by atoms with Gasteiger partial charge in [0.25, 0.3) is 0 Å². The van der Waals surface area contributed by atoms with Crippen LogP contribution in [0, 0.1) is 0 Å². The lowest BCUT2D eigenvalue weighted by atomic mass is 10.0. The Bertz CT molecular complexity index is 979. The van der Waals surface area contributed by atoms with E-state index in [-0.39, 0.29) is 27.6 Å². The molecule has 6 nitrogen and oxygen atoms in total. The Balaban J connectivity index is 2.13. The lowest BCUT2D eigenvalue weighted by Gasteiger charge is -2.18. The van der Waals surface area contributed by atoms with E-state index < -0.39 is 9.84 Å². The van der Waals surface area contributed by atoms with Crippen molar-refractivity contribution in [3.63, 3.8) is 0 Å². The summed E-state index contributed by atoms with van der Waals surface area (Å²) in [7, 11) is 0.902. The number of methoxy groups -OCH3 is 3. The second kappa shape index (κ2) is 6.84. The molecule has 0 saturated heterocycles. The van der Waals surface area contributed by atoms with Gasteiger partial charge in [-0.1, -0.05) is 12.1 Å². The quantitative estimate of drug-likeness (QED) is 0.766. The first kappa shape index (κ1) is 18.0. The molecule has 0 aromatic heterocycles. The van der Waals surface area contributed by atoms with Gasteiger partial charge in [-0.3, -0.25) is 4.79 Å². The van der Waals surface area contributed by atoms with E-state index in [1.54, 1.807) is 30.3 Å². The monoisotopic (exact) mass is 374 g/mol. The van der Waals surface area contributed by atoms with Crippen LogP contribution in [0.15, 0.2) is 46.9 Å². The highest BCUT2D eigenvalue weighted by molar-refractivity contribution is 7.91. The van der Waals surface area contributed by atoms with Gasteiger partial charge in [0.05, 0.1) is 32.0 Å². The zero-order valence-corrected chi connectivity index (χ0v) is 15.4. The predicted octanol–water partition coefficient (Wildman–Crippen LogP) is 2.77. The van der Waals surface area contributed by atoms with Crippen molar-refractivity contribution < 1.29 is 27.4 Å². The van der Waals surface area contributed by atoms with Crippen LogP contribution in [0.2, 0.25) is 0 Å².